The number of rotatable bonds is 5. The maximum absolute atomic E-state index is 11.6. The van der Waals surface area contributed by atoms with Crippen LogP contribution in [0.2, 0.25) is 0 Å². The van der Waals surface area contributed by atoms with Crippen molar-refractivity contribution in [2.45, 2.75) is 0 Å². The number of halogens is 1. The van der Waals surface area contributed by atoms with Crippen LogP contribution in [-0.4, -0.2) is 25.1 Å². The van der Waals surface area contributed by atoms with Crippen LogP contribution >= 0.6 is 15.9 Å². The molecule has 2 N–H and O–H groups in total. The number of nitrogens with one attached hydrogen (secondary N) is 2. The average molecular weight is 353 g/mol. The Morgan fingerprint density at radius 3 is 2.43 bits per heavy atom. The van der Waals surface area contributed by atoms with Crippen LogP contribution < -0.4 is 15.4 Å². The molecule has 1 aromatic heterocycles. The van der Waals surface area contributed by atoms with Gasteiger partial charge in [-0.15, -0.1) is 0 Å². The highest BCUT2D eigenvalue weighted by Crippen LogP contribution is 2.13. The van der Waals surface area contributed by atoms with Crippen LogP contribution in [0.15, 0.2) is 51.6 Å². The lowest BCUT2D eigenvalue weighted by Gasteiger charge is -2.07. The standard InChI is InChI=1S/C14H13BrN2O4/c15-12-7-6-11(21-12)13(18)16-8-9-17-14(19)20-10-4-2-1-3-5-10/h1-7H,8-9H2,(H,16,18)(H,17,19). The lowest BCUT2D eigenvalue weighted by molar-refractivity contribution is 0.0924. The first-order valence-electron chi connectivity index (χ1n) is 6.19. The first-order chi connectivity index (χ1) is 10.1. The van der Waals surface area contributed by atoms with E-state index in [4.69, 9.17) is 9.15 Å². The van der Waals surface area contributed by atoms with Gasteiger partial charge in [0.25, 0.3) is 5.91 Å². The number of benzene rings is 1. The summed E-state index contributed by atoms with van der Waals surface area (Å²) in [6.45, 7) is 0.514. The zero-order chi connectivity index (χ0) is 15.1. The van der Waals surface area contributed by atoms with Crippen molar-refractivity contribution in [3.05, 3.63) is 52.9 Å². The fourth-order valence-electron chi connectivity index (χ4n) is 1.50. The minimum absolute atomic E-state index is 0.203. The predicted octanol–water partition coefficient (Wildman–Crippen LogP) is 2.56. The molecule has 7 heteroatoms. The van der Waals surface area contributed by atoms with Gasteiger partial charge in [0, 0.05) is 13.1 Å². The average Bonchev–Trinajstić information content (AvgIpc) is 2.91. The van der Waals surface area contributed by atoms with Gasteiger partial charge in [-0.1, -0.05) is 18.2 Å². The van der Waals surface area contributed by atoms with E-state index >= 15 is 0 Å². The third kappa shape index (κ3) is 4.96. The third-order valence-electron chi connectivity index (χ3n) is 2.43. The fourth-order valence-corrected chi connectivity index (χ4v) is 1.80. The number of hydrogen-bond acceptors (Lipinski definition) is 4. The monoisotopic (exact) mass is 352 g/mol. The highest BCUT2D eigenvalue weighted by atomic mass is 79.9. The summed E-state index contributed by atoms with van der Waals surface area (Å²) < 4.78 is 10.6. The molecule has 21 heavy (non-hydrogen) atoms. The lowest BCUT2D eigenvalue weighted by atomic mass is 10.3. The van der Waals surface area contributed by atoms with Crippen LogP contribution in [0.5, 0.6) is 5.75 Å². The molecule has 2 aromatic rings. The van der Waals surface area contributed by atoms with Gasteiger partial charge in [-0.2, -0.15) is 0 Å². The molecular weight excluding hydrogens is 340 g/mol. The number of para-hydroxylation sites is 1. The number of furan rings is 1. The van der Waals surface area contributed by atoms with Crippen LogP contribution in [0, 0.1) is 0 Å². The molecule has 0 atom stereocenters. The summed E-state index contributed by atoms with van der Waals surface area (Å²) in [5.41, 5.74) is 0. The van der Waals surface area contributed by atoms with Gasteiger partial charge in [0.2, 0.25) is 0 Å². The molecule has 0 bridgehead atoms. The topological polar surface area (TPSA) is 80.6 Å². The SMILES string of the molecule is O=C(NCCNC(=O)c1ccc(Br)o1)Oc1ccccc1. The van der Waals surface area contributed by atoms with Gasteiger partial charge in [-0.05, 0) is 40.2 Å². The summed E-state index contributed by atoms with van der Waals surface area (Å²) >= 11 is 3.11. The van der Waals surface area contributed by atoms with E-state index in [1.807, 2.05) is 6.07 Å². The first-order valence-corrected chi connectivity index (χ1v) is 6.99. The van der Waals surface area contributed by atoms with Crippen molar-refractivity contribution in [2.24, 2.45) is 0 Å². The van der Waals surface area contributed by atoms with Crippen molar-refractivity contribution in [3.8, 4) is 5.75 Å². The molecule has 0 radical (unpaired) electrons. The summed E-state index contributed by atoms with van der Waals surface area (Å²) in [7, 11) is 0. The molecule has 0 aliphatic heterocycles. The van der Waals surface area contributed by atoms with E-state index in [0.29, 0.717) is 10.4 Å². The van der Waals surface area contributed by atoms with E-state index < -0.39 is 6.09 Å². The Labute approximate surface area is 129 Å². The number of carbonyl (C=O) groups is 2. The number of ether oxygens (including phenoxy) is 1. The maximum atomic E-state index is 11.6. The Kier molecular flexibility index (Phi) is 5.39. The second-order valence-corrected chi connectivity index (χ2v) is 4.77. The quantitative estimate of drug-likeness (QED) is 0.810. The van der Waals surface area contributed by atoms with Gasteiger partial charge in [0.05, 0.1) is 0 Å². The molecule has 6 nitrogen and oxygen atoms in total. The first kappa shape index (κ1) is 15.1. The molecule has 0 saturated heterocycles. The Hall–Kier alpha value is -2.28. The minimum Gasteiger partial charge on any atom is -0.444 e. The van der Waals surface area contributed by atoms with E-state index in [9.17, 15) is 9.59 Å². The molecule has 110 valence electrons. The smallest absolute Gasteiger partial charge is 0.412 e. The number of amides is 2. The summed E-state index contributed by atoms with van der Waals surface area (Å²) in [6, 6.07) is 11.9. The minimum atomic E-state index is -0.573. The molecule has 2 amide bonds. The number of carbonyl (C=O) groups excluding carboxylic acids is 2. The normalized spacial score (nSPS) is 9.95. The molecule has 0 spiro atoms. The Balaban J connectivity index is 1.65. The molecule has 0 unspecified atom stereocenters. The molecule has 1 heterocycles. The summed E-state index contributed by atoms with van der Waals surface area (Å²) in [6.07, 6.45) is -0.573. The van der Waals surface area contributed by atoms with E-state index in [1.54, 1.807) is 36.4 Å². The van der Waals surface area contributed by atoms with Gasteiger partial charge < -0.3 is 19.8 Å². The van der Waals surface area contributed by atoms with Gasteiger partial charge in [-0.3, -0.25) is 4.79 Å². The fraction of sp³-hybridized carbons (Fsp3) is 0.143. The van der Waals surface area contributed by atoms with Crippen molar-refractivity contribution in [2.75, 3.05) is 13.1 Å². The van der Waals surface area contributed by atoms with Crippen LogP contribution in [-0.2, 0) is 0 Å². The largest absolute Gasteiger partial charge is 0.444 e. The zero-order valence-electron chi connectivity index (χ0n) is 11.0. The summed E-state index contributed by atoms with van der Waals surface area (Å²) in [5, 5.41) is 5.14. The van der Waals surface area contributed by atoms with E-state index in [1.165, 1.54) is 0 Å². The maximum Gasteiger partial charge on any atom is 0.412 e. The predicted molar refractivity (Wildman–Crippen MR) is 79.2 cm³/mol. The van der Waals surface area contributed by atoms with Crippen LogP contribution in [0.25, 0.3) is 0 Å². The van der Waals surface area contributed by atoms with Crippen molar-refractivity contribution >= 4 is 27.9 Å². The molecule has 0 aliphatic rings. The second-order valence-electron chi connectivity index (χ2n) is 3.99. The van der Waals surface area contributed by atoms with Crippen molar-refractivity contribution in [3.63, 3.8) is 0 Å². The molecule has 0 aliphatic carbocycles. The molecular formula is C14H13BrN2O4. The third-order valence-corrected chi connectivity index (χ3v) is 2.86. The summed E-state index contributed by atoms with van der Waals surface area (Å²) in [4.78, 5) is 23.1. The van der Waals surface area contributed by atoms with Gasteiger partial charge >= 0.3 is 6.09 Å². The highest BCUT2D eigenvalue weighted by Gasteiger charge is 2.09. The van der Waals surface area contributed by atoms with Gasteiger partial charge in [0.1, 0.15) is 5.75 Å². The van der Waals surface area contributed by atoms with E-state index in [-0.39, 0.29) is 24.8 Å². The lowest BCUT2D eigenvalue weighted by Crippen LogP contribution is -2.35. The number of hydrogen-bond donors (Lipinski definition) is 2. The Bertz CT molecular complexity index is 612. The molecule has 0 fully saturated rings. The van der Waals surface area contributed by atoms with Gasteiger partial charge in [-0.25, -0.2) is 4.79 Å². The van der Waals surface area contributed by atoms with E-state index in [0.717, 1.165) is 0 Å². The van der Waals surface area contributed by atoms with E-state index in [2.05, 4.69) is 26.6 Å². The Morgan fingerprint density at radius 2 is 1.76 bits per heavy atom. The Morgan fingerprint density at radius 1 is 1.05 bits per heavy atom. The van der Waals surface area contributed by atoms with Crippen molar-refractivity contribution in [1.29, 1.82) is 0 Å². The van der Waals surface area contributed by atoms with Crippen molar-refractivity contribution < 1.29 is 18.7 Å². The zero-order valence-corrected chi connectivity index (χ0v) is 12.6. The van der Waals surface area contributed by atoms with Crippen LogP contribution in [0.1, 0.15) is 10.6 Å². The molecule has 1 aromatic carbocycles. The van der Waals surface area contributed by atoms with Gasteiger partial charge in [0.15, 0.2) is 10.4 Å². The molecule has 2 rings (SSSR count). The second kappa shape index (κ2) is 7.49. The molecule has 0 saturated carbocycles. The van der Waals surface area contributed by atoms with Crippen LogP contribution in [0.4, 0.5) is 4.79 Å². The van der Waals surface area contributed by atoms with Crippen LogP contribution in [0.3, 0.4) is 0 Å². The highest BCUT2D eigenvalue weighted by molar-refractivity contribution is 9.10. The van der Waals surface area contributed by atoms with Crippen molar-refractivity contribution in [1.82, 2.24) is 10.6 Å². The summed E-state index contributed by atoms with van der Waals surface area (Å²) in [5.74, 6) is 0.312.